The average Bonchev–Trinajstić information content (AvgIpc) is 3.26. The van der Waals surface area contributed by atoms with Crippen molar-refractivity contribution < 1.29 is 9.59 Å². The molecule has 0 saturated carbocycles. The molecule has 0 bridgehead atoms. The molecule has 2 heterocycles. The minimum atomic E-state index is -0.337. The number of thiazole rings is 1. The van der Waals surface area contributed by atoms with Crippen LogP contribution < -0.4 is 5.32 Å². The number of hydrogen-bond acceptors (Lipinski definition) is 4. The van der Waals surface area contributed by atoms with E-state index in [9.17, 15) is 9.59 Å². The number of fused-ring (bicyclic) bond motifs is 1. The highest BCUT2D eigenvalue weighted by Gasteiger charge is 2.35. The first-order chi connectivity index (χ1) is 13.4. The molecule has 1 aromatic heterocycles. The summed E-state index contributed by atoms with van der Waals surface area (Å²) in [4.78, 5) is 31.1. The number of aromatic nitrogens is 1. The van der Waals surface area contributed by atoms with Crippen LogP contribution in [0.5, 0.6) is 0 Å². The summed E-state index contributed by atoms with van der Waals surface area (Å²) in [5.74, 6) is -0.452. The Morgan fingerprint density at radius 2 is 2.07 bits per heavy atom. The van der Waals surface area contributed by atoms with Crippen LogP contribution in [0, 0.1) is 5.92 Å². The molecule has 1 saturated heterocycles. The van der Waals surface area contributed by atoms with Crippen LogP contribution in [0.2, 0.25) is 5.02 Å². The van der Waals surface area contributed by atoms with Gasteiger partial charge in [0.25, 0.3) is 0 Å². The molecular formula is C21H20ClN3O2S. The van der Waals surface area contributed by atoms with E-state index >= 15 is 0 Å². The number of likely N-dealkylation sites (tertiary alicyclic amines) is 1. The lowest BCUT2D eigenvalue weighted by molar-refractivity contribution is -0.129. The molecule has 1 atom stereocenters. The largest absolute Gasteiger partial charge is 0.339 e. The highest BCUT2D eigenvalue weighted by atomic mass is 35.5. The second-order valence-electron chi connectivity index (χ2n) is 7.21. The minimum Gasteiger partial charge on any atom is -0.339 e. The van der Waals surface area contributed by atoms with Gasteiger partial charge < -0.3 is 10.2 Å². The standard InChI is InChI=1S/C21H20ClN3O2S/c1-12(2)25-11-13(9-19(25)26)20(27)23-14-7-8-16(22)15(10-14)21-24-17-5-3-4-6-18(17)28-21/h3-8,10,12-13H,9,11H2,1-2H3,(H,23,27). The van der Waals surface area contributed by atoms with Crippen LogP contribution in [0.3, 0.4) is 0 Å². The van der Waals surface area contributed by atoms with Crippen molar-refractivity contribution in [3.63, 3.8) is 0 Å². The number of anilines is 1. The number of nitrogens with zero attached hydrogens (tertiary/aromatic N) is 2. The summed E-state index contributed by atoms with van der Waals surface area (Å²) >= 11 is 7.96. The van der Waals surface area contributed by atoms with Crippen molar-refractivity contribution in [2.24, 2.45) is 5.92 Å². The van der Waals surface area contributed by atoms with Gasteiger partial charge in [-0.3, -0.25) is 9.59 Å². The molecule has 2 aromatic carbocycles. The van der Waals surface area contributed by atoms with Crippen molar-refractivity contribution in [3.8, 4) is 10.6 Å². The van der Waals surface area contributed by atoms with Crippen molar-refractivity contribution >= 4 is 50.7 Å². The van der Waals surface area contributed by atoms with Crippen LogP contribution >= 0.6 is 22.9 Å². The molecule has 4 rings (SSSR count). The predicted octanol–water partition coefficient (Wildman–Crippen LogP) is 4.81. The Balaban J connectivity index is 1.56. The summed E-state index contributed by atoms with van der Waals surface area (Å²) < 4.78 is 1.08. The van der Waals surface area contributed by atoms with Gasteiger partial charge >= 0.3 is 0 Å². The molecule has 7 heteroatoms. The number of carbonyl (C=O) groups is 2. The first-order valence-electron chi connectivity index (χ1n) is 9.18. The molecule has 1 unspecified atom stereocenters. The molecule has 1 fully saturated rings. The van der Waals surface area contributed by atoms with Gasteiger partial charge in [-0.1, -0.05) is 23.7 Å². The van der Waals surface area contributed by atoms with Gasteiger partial charge in [0, 0.05) is 30.3 Å². The van der Waals surface area contributed by atoms with Gasteiger partial charge in [-0.15, -0.1) is 11.3 Å². The zero-order chi connectivity index (χ0) is 19.8. The van der Waals surface area contributed by atoms with Gasteiger partial charge in [-0.25, -0.2) is 4.98 Å². The van der Waals surface area contributed by atoms with E-state index in [0.29, 0.717) is 17.3 Å². The summed E-state index contributed by atoms with van der Waals surface area (Å²) in [6, 6.07) is 13.4. The molecule has 28 heavy (non-hydrogen) atoms. The van der Waals surface area contributed by atoms with Gasteiger partial charge in [0.2, 0.25) is 11.8 Å². The molecule has 2 amide bonds. The topological polar surface area (TPSA) is 62.3 Å². The molecule has 5 nitrogen and oxygen atoms in total. The van der Waals surface area contributed by atoms with Crippen LogP contribution in [0.4, 0.5) is 5.69 Å². The van der Waals surface area contributed by atoms with Crippen LogP contribution in [-0.2, 0) is 9.59 Å². The number of carbonyl (C=O) groups excluding carboxylic acids is 2. The first kappa shape index (κ1) is 18.9. The Hall–Kier alpha value is -2.44. The van der Waals surface area contributed by atoms with E-state index in [-0.39, 0.29) is 30.2 Å². The number of nitrogens with one attached hydrogen (secondary N) is 1. The van der Waals surface area contributed by atoms with Crippen LogP contribution in [0.1, 0.15) is 20.3 Å². The summed E-state index contributed by atoms with van der Waals surface area (Å²) in [6.45, 7) is 4.38. The number of para-hydroxylation sites is 1. The van der Waals surface area contributed by atoms with E-state index in [1.54, 1.807) is 28.4 Å². The number of hydrogen-bond donors (Lipinski definition) is 1. The molecule has 1 N–H and O–H groups in total. The Morgan fingerprint density at radius 3 is 2.79 bits per heavy atom. The Bertz CT molecular complexity index is 1030. The molecule has 144 valence electrons. The van der Waals surface area contributed by atoms with Crippen LogP contribution in [-0.4, -0.2) is 34.3 Å². The van der Waals surface area contributed by atoms with Crippen molar-refractivity contribution in [1.29, 1.82) is 0 Å². The second-order valence-corrected chi connectivity index (χ2v) is 8.65. The van der Waals surface area contributed by atoms with E-state index in [1.165, 1.54) is 0 Å². The highest BCUT2D eigenvalue weighted by molar-refractivity contribution is 7.21. The average molecular weight is 414 g/mol. The summed E-state index contributed by atoms with van der Waals surface area (Å²) in [5.41, 5.74) is 2.36. The Labute approximate surface area is 172 Å². The number of halogens is 1. The Kier molecular flexibility index (Phi) is 5.08. The number of amides is 2. The summed E-state index contributed by atoms with van der Waals surface area (Å²) in [5, 5.41) is 4.33. The van der Waals surface area contributed by atoms with Gasteiger partial charge in [0.15, 0.2) is 0 Å². The van der Waals surface area contributed by atoms with Crippen molar-refractivity contribution in [3.05, 3.63) is 47.5 Å². The third-order valence-electron chi connectivity index (χ3n) is 4.91. The van der Waals surface area contributed by atoms with E-state index in [0.717, 1.165) is 20.8 Å². The van der Waals surface area contributed by atoms with E-state index in [1.807, 2.05) is 44.2 Å². The van der Waals surface area contributed by atoms with E-state index < -0.39 is 0 Å². The third kappa shape index (κ3) is 3.62. The van der Waals surface area contributed by atoms with E-state index in [4.69, 9.17) is 11.6 Å². The lowest BCUT2D eigenvalue weighted by atomic mass is 10.1. The molecule has 3 aromatic rings. The number of rotatable bonds is 4. The van der Waals surface area contributed by atoms with Crippen LogP contribution in [0.15, 0.2) is 42.5 Å². The quantitative estimate of drug-likeness (QED) is 0.667. The van der Waals surface area contributed by atoms with Gasteiger partial charge in [-0.05, 0) is 44.2 Å². The maximum Gasteiger partial charge on any atom is 0.229 e. The monoisotopic (exact) mass is 413 g/mol. The third-order valence-corrected chi connectivity index (χ3v) is 6.31. The van der Waals surface area contributed by atoms with Crippen molar-refractivity contribution in [2.45, 2.75) is 26.3 Å². The van der Waals surface area contributed by atoms with Crippen LogP contribution in [0.25, 0.3) is 20.8 Å². The highest BCUT2D eigenvalue weighted by Crippen LogP contribution is 2.36. The second kappa shape index (κ2) is 7.53. The molecule has 0 aliphatic carbocycles. The molecule has 1 aliphatic heterocycles. The SMILES string of the molecule is CC(C)N1CC(C(=O)Nc2ccc(Cl)c(-c3nc4ccccc4s3)c2)CC1=O. The zero-order valence-corrected chi connectivity index (χ0v) is 17.2. The summed E-state index contributed by atoms with van der Waals surface area (Å²) in [7, 11) is 0. The molecular weight excluding hydrogens is 394 g/mol. The molecule has 0 radical (unpaired) electrons. The molecule has 0 spiro atoms. The van der Waals surface area contributed by atoms with Gasteiger partial charge in [0.05, 0.1) is 21.2 Å². The normalized spacial score (nSPS) is 16.9. The number of benzene rings is 2. The lowest BCUT2D eigenvalue weighted by Gasteiger charge is -2.20. The fourth-order valence-electron chi connectivity index (χ4n) is 3.40. The van der Waals surface area contributed by atoms with Gasteiger partial charge in [0.1, 0.15) is 5.01 Å². The van der Waals surface area contributed by atoms with Crippen molar-refractivity contribution in [1.82, 2.24) is 9.88 Å². The smallest absolute Gasteiger partial charge is 0.229 e. The Morgan fingerprint density at radius 1 is 1.29 bits per heavy atom. The minimum absolute atomic E-state index is 0.0291. The predicted molar refractivity (Wildman–Crippen MR) is 114 cm³/mol. The zero-order valence-electron chi connectivity index (χ0n) is 15.6. The first-order valence-corrected chi connectivity index (χ1v) is 10.4. The van der Waals surface area contributed by atoms with Crippen molar-refractivity contribution in [2.75, 3.05) is 11.9 Å². The van der Waals surface area contributed by atoms with Gasteiger partial charge in [-0.2, -0.15) is 0 Å². The van der Waals surface area contributed by atoms with E-state index in [2.05, 4.69) is 10.3 Å². The maximum absolute atomic E-state index is 12.7. The summed E-state index contributed by atoms with van der Waals surface area (Å²) in [6.07, 6.45) is 0.252. The fraction of sp³-hybridized carbons (Fsp3) is 0.286. The lowest BCUT2D eigenvalue weighted by Crippen LogP contribution is -2.33. The maximum atomic E-state index is 12.7. The molecule has 1 aliphatic rings. The fourth-order valence-corrected chi connectivity index (χ4v) is 4.66.